The van der Waals surface area contributed by atoms with Gasteiger partial charge in [-0.3, -0.25) is 19.9 Å². The number of nitrogens with one attached hydrogen (secondary N) is 1. The summed E-state index contributed by atoms with van der Waals surface area (Å²) in [6.07, 6.45) is 2.42. The van der Waals surface area contributed by atoms with E-state index in [1.807, 2.05) is 6.92 Å². The van der Waals surface area contributed by atoms with Gasteiger partial charge in [-0.1, -0.05) is 24.6 Å². The van der Waals surface area contributed by atoms with Crippen molar-refractivity contribution < 1.29 is 14.8 Å². The van der Waals surface area contributed by atoms with Crippen molar-refractivity contribution in [3.05, 3.63) is 57.1 Å². The quantitative estimate of drug-likeness (QED) is 0.450. The van der Waals surface area contributed by atoms with Crippen LogP contribution in [0.2, 0.25) is 5.02 Å². The number of aromatic hydroxyl groups is 1. The molecule has 2 aromatic rings. The zero-order valence-corrected chi connectivity index (χ0v) is 14.2. The average molecular weight is 362 g/mol. The molecule has 0 bridgehead atoms. The molecule has 0 radical (unpaired) electrons. The van der Waals surface area contributed by atoms with E-state index < -0.39 is 16.4 Å². The maximum atomic E-state index is 11.7. The third-order valence-corrected chi connectivity index (χ3v) is 3.61. The van der Waals surface area contributed by atoms with Gasteiger partial charge in [0.1, 0.15) is 0 Å². The summed E-state index contributed by atoms with van der Waals surface area (Å²) in [6, 6.07) is 8.96. The van der Waals surface area contributed by atoms with Gasteiger partial charge < -0.3 is 10.4 Å². The zero-order chi connectivity index (χ0) is 18.4. The van der Waals surface area contributed by atoms with E-state index >= 15 is 0 Å². The summed E-state index contributed by atoms with van der Waals surface area (Å²) in [4.78, 5) is 26.0. The molecule has 0 aliphatic rings. The van der Waals surface area contributed by atoms with Crippen LogP contribution in [0.5, 0.6) is 5.75 Å². The normalized spacial score (nSPS) is 10.8. The number of carbonyl (C=O) groups is 1. The van der Waals surface area contributed by atoms with Gasteiger partial charge in [-0.05, 0) is 30.7 Å². The van der Waals surface area contributed by atoms with Crippen LogP contribution < -0.4 is 5.32 Å². The Labute approximate surface area is 149 Å². The summed E-state index contributed by atoms with van der Waals surface area (Å²) in [5, 5.41) is 23.8. The highest BCUT2D eigenvalue weighted by molar-refractivity contribution is 6.33. The minimum Gasteiger partial charge on any atom is -0.502 e. The van der Waals surface area contributed by atoms with Gasteiger partial charge in [0, 0.05) is 30.0 Å². The number of para-hydroxylation sites is 1. The summed E-state index contributed by atoms with van der Waals surface area (Å²) < 4.78 is 0. The van der Waals surface area contributed by atoms with Crippen molar-refractivity contribution in [3.8, 4) is 5.75 Å². The number of anilines is 1. The molecule has 2 N–H and O–H groups in total. The number of halogens is 1. The molecule has 0 fully saturated rings. The van der Waals surface area contributed by atoms with Gasteiger partial charge in [-0.2, -0.15) is 0 Å². The van der Waals surface area contributed by atoms with Gasteiger partial charge in [-0.25, -0.2) is 0 Å². The van der Waals surface area contributed by atoms with Gasteiger partial charge in [0.15, 0.2) is 0 Å². The van der Waals surface area contributed by atoms with Crippen molar-refractivity contribution in [1.29, 1.82) is 0 Å². The number of benzene rings is 2. The molecule has 25 heavy (non-hydrogen) atoms. The van der Waals surface area contributed by atoms with Crippen LogP contribution in [0.3, 0.4) is 0 Å². The van der Waals surface area contributed by atoms with Crippen molar-refractivity contribution in [2.75, 3.05) is 5.32 Å². The van der Waals surface area contributed by atoms with Crippen molar-refractivity contribution in [3.63, 3.8) is 0 Å². The molecule has 7 nitrogen and oxygen atoms in total. The minimum atomic E-state index is -0.677. The Morgan fingerprint density at radius 2 is 2.16 bits per heavy atom. The van der Waals surface area contributed by atoms with Gasteiger partial charge in [-0.15, -0.1) is 0 Å². The van der Waals surface area contributed by atoms with Crippen molar-refractivity contribution >= 4 is 40.8 Å². The lowest BCUT2D eigenvalue weighted by Gasteiger charge is -2.06. The number of aliphatic imine (C=N–C) groups is 1. The number of phenolic OH excluding ortho intramolecular Hbond substituents is 1. The number of rotatable bonds is 6. The van der Waals surface area contributed by atoms with Gasteiger partial charge >= 0.3 is 5.69 Å². The maximum Gasteiger partial charge on any atom is 0.311 e. The third kappa shape index (κ3) is 4.77. The number of carbonyl (C=O) groups excluding carboxylic acids is 1. The van der Waals surface area contributed by atoms with E-state index in [4.69, 9.17) is 11.6 Å². The van der Waals surface area contributed by atoms with Crippen LogP contribution in [0, 0.1) is 10.1 Å². The molecule has 2 rings (SSSR count). The highest BCUT2D eigenvalue weighted by Crippen LogP contribution is 2.31. The van der Waals surface area contributed by atoms with E-state index in [0.717, 1.165) is 6.42 Å². The van der Waals surface area contributed by atoms with Crippen molar-refractivity contribution in [1.82, 2.24) is 0 Å². The SMILES string of the molecule is CCCC(=O)Nc1ccc(Cl)c(N=Cc2cccc([N+](=O)[O-])c2O)c1. The van der Waals surface area contributed by atoms with E-state index in [2.05, 4.69) is 10.3 Å². The summed E-state index contributed by atoms with van der Waals surface area (Å²) in [5.74, 6) is -0.587. The Balaban J connectivity index is 2.28. The first kappa shape index (κ1) is 18.4. The summed E-state index contributed by atoms with van der Waals surface area (Å²) in [6.45, 7) is 1.91. The molecular formula is C17H16ClN3O4. The van der Waals surface area contributed by atoms with E-state index in [1.165, 1.54) is 24.4 Å². The number of nitrogens with zero attached hydrogens (tertiary/aromatic N) is 2. The van der Waals surface area contributed by atoms with Crippen molar-refractivity contribution in [2.45, 2.75) is 19.8 Å². The molecular weight excluding hydrogens is 346 g/mol. The first-order chi connectivity index (χ1) is 11.9. The maximum absolute atomic E-state index is 11.7. The van der Waals surface area contributed by atoms with Crippen LogP contribution in [0.4, 0.5) is 17.1 Å². The number of amides is 1. The highest BCUT2D eigenvalue weighted by Gasteiger charge is 2.15. The fourth-order valence-corrected chi connectivity index (χ4v) is 2.25. The molecule has 0 saturated heterocycles. The van der Waals surface area contributed by atoms with Crippen LogP contribution in [-0.4, -0.2) is 22.2 Å². The van der Waals surface area contributed by atoms with Crippen LogP contribution in [0.15, 0.2) is 41.4 Å². The first-order valence-electron chi connectivity index (χ1n) is 7.52. The third-order valence-electron chi connectivity index (χ3n) is 3.29. The lowest BCUT2D eigenvalue weighted by molar-refractivity contribution is -0.385. The molecule has 0 aliphatic carbocycles. The Morgan fingerprint density at radius 3 is 2.84 bits per heavy atom. The number of nitro groups is 1. The lowest BCUT2D eigenvalue weighted by atomic mass is 10.2. The molecule has 0 atom stereocenters. The van der Waals surface area contributed by atoms with Gasteiger partial charge in [0.25, 0.3) is 0 Å². The molecule has 0 unspecified atom stereocenters. The lowest BCUT2D eigenvalue weighted by Crippen LogP contribution is -2.10. The van der Waals surface area contributed by atoms with E-state index in [0.29, 0.717) is 22.8 Å². The fourth-order valence-electron chi connectivity index (χ4n) is 2.08. The standard InChI is InChI=1S/C17H16ClN3O4/c1-2-4-16(22)20-12-7-8-13(18)14(9-12)19-10-11-5-3-6-15(17(11)23)21(24)25/h3,5-10,23H,2,4H2,1H3,(H,20,22). The molecule has 0 aromatic heterocycles. The molecule has 2 aromatic carbocycles. The number of hydrogen-bond acceptors (Lipinski definition) is 5. The molecule has 130 valence electrons. The zero-order valence-electron chi connectivity index (χ0n) is 13.4. The van der Waals surface area contributed by atoms with E-state index in [-0.39, 0.29) is 11.5 Å². The van der Waals surface area contributed by atoms with Gasteiger partial charge in [0.2, 0.25) is 11.7 Å². The van der Waals surface area contributed by atoms with E-state index in [9.17, 15) is 20.0 Å². The topological polar surface area (TPSA) is 105 Å². The molecule has 0 saturated carbocycles. The predicted molar refractivity (Wildman–Crippen MR) is 97.0 cm³/mol. The van der Waals surface area contributed by atoms with Gasteiger partial charge in [0.05, 0.1) is 15.6 Å². The molecule has 0 spiro atoms. The van der Waals surface area contributed by atoms with E-state index in [1.54, 1.807) is 18.2 Å². The molecule has 0 aliphatic heterocycles. The summed E-state index contributed by atoms with van der Waals surface area (Å²) in [7, 11) is 0. The Kier molecular flexibility index (Phi) is 6.08. The first-order valence-corrected chi connectivity index (χ1v) is 7.90. The predicted octanol–water partition coefficient (Wildman–Crippen LogP) is 4.44. The number of phenols is 1. The van der Waals surface area contributed by atoms with Crippen LogP contribution in [-0.2, 0) is 4.79 Å². The average Bonchev–Trinajstić information content (AvgIpc) is 2.56. The number of nitro benzene ring substituents is 1. The number of hydrogen-bond donors (Lipinski definition) is 2. The second kappa shape index (κ2) is 8.25. The second-order valence-corrected chi connectivity index (χ2v) is 5.60. The highest BCUT2D eigenvalue weighted by atomic mass is 35.5. The largest absolute Gasteiger partial charge is 0.502 e. The van der Waals surface area contributed by atoms with Crippen LogP contribution in [0.1, 0.15) is 25.3 Å². The smallest absolute Gasteiger partial charge is 0.311 e. The van der Waals surface area contributed by atoms with Crippen LogP contribution >= 0.6 is 11.6 Å². The van der Waals surface area contributed by atoms with Crippen LogP contribution in [0.25, 0.3) is 0 Å². The summed E-state index contributed by atoms with van der Waals surface area (Å²) >= 11 is 6.08. The Morgan fingerprint density at radius 1 is 1.40 bits per heavy atom. The Hall–Kier alpha value is -2.93. The fraction of sp³-hybridized carbons (Fsp3) is 0.176. The second-order valence-electron chi connectivity index (χ2n) is 5.19. The van der Waals surface area contributed by atoms with Crippen molar-refractivity contribution in [2.24, 2.45) is 4.99 Å². The summed E-state index contributed by atoms with van der Waals surface area (Å²) in [5.41, 5.74) is 0.682. The molecule has 1 amide bonds. The molecule has 8 heteroatoms. The monoisotopic (exact) mass is 361 g/mol. The molecule has 0 heterocycles. The Bertz CT molecular complexity index is 837. The minimum absolute atomic E-state index is 0.115.